The monoisotopic (exact) mass is 268 g/mol. The smallest absolute Gasteiger partial charge is 0.238 e. The van der Waals surface area contributed by atoms with Crippen molar-refractivity contribution in [3.63, 3.8) is 0 Å². The van der Waals surface area contributed by atoms with Crippen molar-refractivity contribution in [1.82, 2.24) is 4.98 Å². The molecule has 0 bridgehead atoms. The van der Waals surface area contributed by atoms with Crippen LogP contribution in [-0.2, 0) is 10.0 Å². The van der Waals surface area contributed by atoms with Gasteiger partial charge in [0.25, 0.3) is 0 Å². The highest BCUT2D eigenvalue weighted by Gasteiger charge is 2.08. The largest absolute Gasteiger partial charge is 0.244 e. The van der Waals surface area contributed by atoms with Crippen LogP contribution in [-0.4, -0.2) is 13.4 Å². The second kappa shape index (κ2) is 4.44. The molecule has 1 aromatic carbocycles. The lowest BCUT2D eigenvalue weighted by Gasteiger charge is -2.04. The van der Waals surface area contributed by atoms with Crippen molar-refractivity contribution >= 4 is 21.6 Å². The van der Waals surface area contributed by atoms with E-state index in [1.165, 1.54) is 12.1 Å². The molecule has 0 fully saturated rings. The molecule has 6 heteroatoms. The molecular weight excluding hydrogens is 260 g/mol. The molecule has 0 saturated carbocycles. The predicted octanol–water partition coefficient (Wildman–Crippen LogP) is 2.05. The summed E-state index contributed by atoms with van der Waals surface area (Å²) in [5.41, 5.74) is 1.53. The zero-order valence-electron chi connectivity index (χ0n) is 8.67. The zero-order valence-corrected chi connectivity index (χ0v) is 10.2. The summed E-state index contributed by atoms with van der Waals surface area (Å²) in [4.78, 5) is 4.02. The van der Waals surface area contributed by atoms with Crippen LogP contribution < -0.4 is 5.14 Å². The van der Waals surface area contributed by atoms with Crippen molar-refractivity contribution in [1.29, 1.82) is 0 Å². The van der Waals surface area contributed by atoms with Crippen LogP contribution in [0.25, 0.3) is 11.1 Å². The first-order valence-electron chi connectivity index (χ1n) is 4.72. The number of benzene rings is 1. The fraction of sp³-hybridized carbons (Fsp3) is 0. The van der Waals surface area contributed by atoms with E-state index >= 15 is 0 Å². The highest BCUT2D eigenvalue weighted by atomic mass is 35.5. The van der Waals surface area contributed by atoms with Crippen molar-refractivity contribution in [2.75, 3.05) is 0 Å². The van der Waals surface area contributed by atoms with Gasteiger partial charge in [-0.3, -0.25) is 0 Å². The Bertz CT molecular complexity index is 639. The van der Waals surface area contributed by atoms with Gasteiger partial charge in [-0.15, -0.1) is 0 Å². The molecule has 0 amide bonds. The Balaban J connectivity index is 2.47. The fourth-order valence-corrected chi connectivity index (χ4v) is 2.17. The molecular formula is C11H9ClN2O2S. The lowest BCUT2D eigenvalue weighted by molar-refractivity contribution is 0.598. The summed E-state index contributed by atoms with van der Waals surface area (Å²) in [5.74, 6) is 0. The quantitative estimate of drug-likeness (QED) is 0.847. The van der Waals surface area contributed by atoms with Gasteiger partial charge in [-0.1, -0.05) is 23.7 Å². The Morgan fingerprint density at radius 2 is 1.76 bits per heavy atom. The zero-order chi connectivity index (χ0) is 12.5. The highest BCUT2D eigenvalue weighted by Crippen LogP contribution is 2.26. The standard InChI is InChI=1S/C11H9ClN2O2S/c12-11-10(2-1-7-14-11)8-3-5-9(6-4-8)17(13,15)16/h1-7H,(H2,13,15,16). The second-order valence-electron chi connectivity index (χ2n) is 3.41. The van der Waals surface area contributed by atoms with Crippen LogP contribution >= 0.6 is 11.6 Å². The number of primary sulfonamides is 1. The van der Waals surface area contributed by atoms with Crippen LogP contribution in [0.15, 0.2) is 47.5 Å². The van der Waals surface area contributed by atoms with Gasteiger partial charge in [-0.2, -0.15) is 0 Å². The number of pyridine rings is 1. The van der Waals surface area contributed by atoms with Gasteiger partial charge in [-0.25, -0.2) is 18.5 Å². The summed E-state index contributed by atoms with van der Waals surface area (Å²) in [6, 6.07) is 9.73. The molecule has 0 aliphatic heterocycles. The van der Waals surface area contributed by atoms with Gasteiger partial charge < -0.3 is 0 Å². The number of halogens is 1. The van der Waals surface area contributed by atoms with E-state index in [0.29, 0.717) is 5.15 Å². The molecule has 17 heavy (non-hydrogen) atoms. The average Bonchev–Trinajstić information content (AvgIpc) is 2.29. The summed E-state index contributed by atoms with van der Waals surface area (Å²) in [6.45, 7) is 0. The molecule has 88 valence electrons. The average molecular weight is 269 g/mol. The molecule has 4 nitrogen and oxygen atoms in total. The van der Waals surface area contributed by atoms with Gasteiger partial charge >= 0.3 is 0 Å². The molecule has 0 radical (unpaired) electrons. The molecule has 0 saturated heterocycles. The summed E-state index contributed by atoms with van der Waals surface area (Å²) < 4.78 is 22.2. The Morgan fingerprint density at radius 1 is 1.12 bits per heavy atom. The van der Waals surface area contributed by atoms with E-state index in [1.807, 2.05) is 0 Å². The first kappa shape index (κ1) is 12.0. The van der Waals surface area contributed by atoms with Crippen LogP contribution in [0.5, 0.6) is 0 Å². The van der Waals surface area contributed by atoms with Crippen LogP contribution in [0, 0.1) is 0 Å². The Morgan fingerprint density at radius 3 is 2.29 bits per heavy atom. The van der Waals surface area contributed by atoms with Crippen molar-refractivity contribution in [2.24, 2.45) is 5.14 Å². The summed E-state index contributed by atoms with van der Waals surface area (Å²) in [5, 5.41) is 5.38. The molecule has 2 rings (SSSR count). The summed E-state index contributed by atoms with van der Waals surface area (Å²) in [6.07, 6.45) is 1.59. The molecule has 0 unspecified atom stereocenters. The van der Waals surface area contributed by atoms with Crippen molar-refractivity contribution < 1.29 is 8.42 Å². The molecule has 0 spiro atoms. The summed E-state index contributed by atoms with van der Waals surface area (Å²) >= 11 is 5.93. The van der Waals surface area contributed by atoms with Crippen LogP contribution in [0.1, 0.15) is 0 Å². The van der Waals surface area contributed by atoms with Crippen molar-refractivity contribution in [3.8, 4) is 11.1 Å². The van der Waals surface area contributed by atoms with E-state index < -0.39 is 10.0 Å². The topological polar surface area (TPSA) is 73.1 Å². The van der Waals surface area contributed by atoms with E-state index in [4.69, 9.17) is 16.7 Å². The maximum Gasteiger partial charge on any atom is 0.238 e. The third kappa shape index (κ3) is 2.63. The molecule has 1 aromatic heterocycles. The van der Waals surface area contributed by atoms with Crippen molar-refractivity contribution in [2.45, 2.75) is 4.90 Å². The molecule has 0 aliphatic rings. The van der Waals surface area contributed by atoms with Gasteiger partial charge in [-0.05, 0) is 29.8 Å². The van der Waals surface area contributed by atoms with E-state index in [1.54, 1.807) is 30.5 Å². The van der Waals surface area contributed by atoms with Gasteiger partial charge in [0.1, 0.15) is 5.15 Å². The Labute approximate surface area is 104 Å². The number of sulfonamides is 1. The Kier molecular flexibility index (Phi) is 3.15. The number of nitrogens with zero attached hydrogens (tertiary/aromatic N) is 1. The lowest BCUT2D eigenvalue weighted by atomic mass is 10.1. The van der Waals surface area contributed by atoms with Crippen LogP contribution in [0.3, 0.4) is 0 Å². The number of hydrogen-bond donors (Lipinski definition) is 1. The molecule has 0 atom stereocenters. The van der Waals surface area contributed by atoms with Gasteiger partial charge in [0.15, 0.2) is 0 Å². The normalized spacial score (nSPS) is 11.4. The van der Waals surface area contributed by atoms with E-state index in [9.17, 15) is 8.42 Å². The maximum absolute atomic E-state index is 11.1. The second-order valence-corrected chi connectivity index (χ2v) is 5.33. The first-order chi connectivity index (χ1) is 7.98. The van der Waals surface area contributed by atoms with Gasteiger partial charge in [0, 0.05) is 11.8 Å². The summed E-state index contributed by atoms with van der Waals surface area (Å²) in [7, 11) is -3.66. The van der Waals surface area contributed by atoms with E-state index in [2.05, 4.69) is 4.98 Å². The number of hydrogen-bond acceptors (Lipinski definition) is 3. The lowest BCUT2D eigenvalue weighted by Crippen LogP contribution is -2.11. The number of aromatic nitrogens is 1. The molecule has 2 N–H and O–H groups in total. The Hall–Kier alpha value is -1.43. The third-order valence-electron chi connectivity index (χ3n) is 2.25. The fourth-order valence-electron chi connectivity index (χ4n) is 1.43. The minimum Gasteiger partial charge on any atom is -0.244 e. The SMILES string of the molecule is NS(=O)(=O)c1ccc(-c2cccnc2Cl)cc1. The predicted molar refractivity (Wildman–Crippen MR) is 66.1 cm³/mol. The maximum atomic E-state index is 11.1. The number of nitrogens with two attached hydrogens (primary N) is 1. The molecule has 1 heterocycles. The first-order valence-corrected chi connectivity index (χ1v) is 6.64. The molecule has 2 aromatic rings. The van der Waals surface area contributed by atoms with E-state index in [0.717, 1.165) is 11.1 Å². The van der Waals surface area contributed by atoms with Crippen LogP contribution in [0.2, 0.25) is 5.15 Å². The highest BCUT2D eigenvalue weighted by molar-refractivity contribution is 7.89. The van der Waals surface area contributed by atoms with E-state index in [-0.39, 0.29) is 4.90 Å². The van der Waals surface area contributed by atoms with Crippen molar-refractivity contribution in [3.05, 3.63) is 47.7 Å². The minimum atomic E-state index is -3.66. The van der Waals surface area contributed by atoms with Crippen LogP contribution in [0.4, 0.5) is 0 Å². The number of rotatable bonds is 2. The minimum absolute atomic E-state index is 0.0706. The van der Waals surface area contributed by atoms with Gasteiger partial charge in [0.2, 0.25) is 10.0 Å². The third-order valence-corrected chi connectivity index (χ3v) is 3.48. The molecule has 0 aliphatic carbocycles. The van der Waals surface area contributed by atoms with Gasteiger partial charge in [0.05, 0.1) is 4.90 Å².